The van der Waals surface area contributed by atoms with Crippen LogP contribution in [0.15, 0.2) is 121 Å². The predicted octanol–water partition coefficient (Wildman–Crippen LogP) is 15.7. The van der Waals surface area contributed by atoms with Gasteiger partial charge < -0.3 is 54.4 Å². The Labute approximate surface area is 772 Å². The molecule has 4 aromatic carbocycles. The van der Waals surface area contributed by atoms with E-state index in [0.29, 0.717) is 24.3 Å². The van der Waals surface area contributed by atoms with Gasteiger partial charge in [-0.25, -0.2) is 56.7 Å². The number of carboxylic acid groups (broad SMARTS) is 1. The summed E-state index contributed by atoms with van der Waals surface area (Å²) in [4.78, 5) is 168. The number of esters is 1. The summed E-state index contributed by atoms with van der Waals surface area (Å²) in [5, 5.41) is 10.5. The van der Waals surface area contributed by atoms with E-state index in [0.717, 1.165) is 97.5 Å². The number of benzene rings is 4. The number of carbonyl (C=O) groups is 11. The first-order chi connectivity index (χ1) is 62.3. The number of hydrogen-bond donors (Lipinski definition) is 2. The number of carboxylic acids is 1. The van der Waals surface area contributed by atoms with Gasteiger partial charge in [0.05, 0.1) is 81.9 Å². The number of alkyl halides is 12. The van der Waals surface area contributed by atoms with E-state index in [-0.39, 0.29) is 148 Å². The second kappa shape index (κ2) is 42.4. The van der Waals surface area contributed by atoms with E-state index in [9.17, 15) is 123 Å². The summed E-state index contributed by atoms with van der Waals surface area (Å²) in [6.45, 7) is 4.04. The molecular weight excluding hydrogens is 1900 g/mol. The fourth-order valence-corrected chi connectivity index (χ4v) is 14.5. The SMILES string of the molecule is COC(=O)CCN1C[C@@H](C(=O)N(C)c2ccc(F)c(Cl)c2)N(c2cc(C(F)(F)F)cc(C)n2)C1=O.Cc1cc(C(F)(F)F)cc(N2C(=O)N(CCC(=O)N(C)C)C[C@H]2C(=O)N(C)c2ccc(F)c(Cl)c2)n1.Cc1cc(C(F)(F)F)cc(N2C(=O)N(CCC(=O)O)C[C@H]2C(=O)N(C)c2ccc(F)c(Cl)c2)n1.Cc1cc(C(F)(F)F)cc(N2C(=O)NC[C@H]2C(=O)N(C)c2ccc(F)c(Cl)c2)n1. The Kier molecular flexibility index (Phi) is 33.1. The van der Waals surface area contributed by atoms with Gasteiger partial charge in [0.25, 0.3) is 23.6 Å². The number of urea groups is 4. The second-order valence-corrected chi connectivity index (χ2v) is 31.9. The second-order valence-electron chi connectivity index (χ2n) is 30.3. The molecular formula is C84H79Cl4F16N17O13. The van der Waals surface area contributed by atoms with E-state index in [1.807, 2.05) is 0 Å². The minimum atomic E-state index is -4.73. The zero-order valence-electron chi connectivity index (χ0n) is 72.0. The molecule has 30 nitrogen and oxygen atoms in total. The number of carbonyl (C=O) groups excluding carboxylic acids is 10. The standard InChI is InChI=1S/C23H24ClF4N5O3.C22H21ClF4N4O4.C21H19ClF4N4O4.C18H15ClF4N4O2/c1-13-9-14(23(26,27)28)10-19(29-13)33-18(12-32(22(33)36)8-7-20(34)30(2)3)21(35)31(4)15-5-6-17(25)16(24)11-15;1-12-8-13(22(25,26)27)9-18(28-12)31-17(11-30(21(31)34)7-6-19(32)35-3)20(33)29(2)14-4-5-16(24)15(23)10-14;1-11-7-12(21(24,25)26)8-17(27-11)30-16(10-29(20(30)34)6-5-18(31)32)19(33)28(2)13-3-4-15(23)14(22)9-13;1-9-5-10(18(21,22)23)6-15(25-9)27-14(8-24-17(27)29)16(28)26(2)11-3-4-13(20)12(19)7-11/h5-6,9-11,18H,7-8,12H2,1-4H3;4-5,8-10,17H,6-7,11H2,1-3H3;3-4,7-9,16H,5-6,10H2,1-2H3,(H,31,32);3-7,14H,8H2,1-2H3,(H,24,29)/t18-;17-;16-;14-/m0000/s1. The third-order valence-corrected chi connectivity index (χ3v) is 21.9. The normalized spacial score (nSPS) is 16.2. The van der Waals surface area contributed by atoms with Crippen molar-refractivity contribution in [3.05, 3.63) is 210 Å². The van der Waals surface area contributed by atoms with Gasteiger partial charge in [0.2, 0.25) is 5.91 Å². The largest absolute Gasteiger partial charge is 0.481 e. The van der Waals surface area contributed by atoms with Gasteiger partial charge in [-0.05, 0) is 149 Å². The Morgan fingerprint density at radius 3 is 0.896 bits per heavy atom. The molecule has 2 N–H and O–H groups in total. The molecule has 12 rings (SSSR count). The molecule has 8 aromatic rings. The van der Waals surface area contributed by atoms with Crippen molar-refractivity contribution in [1.82, 2.24) is 44.9 Å². The summed E-state index contributed by atoms with van der Waals surface area (Å²) in [5.41, 5.74) is -3.25. The first-order valence-electron chi connectivity index (χ1n) is 39.3. The number of aryl methyl sites for hydroxylation is 4. The molecule has 4 saturated heterocycles. The number of halogens is 20. The highest BCUT2D eigenvalue weighted by Crippen LogP contribution is 2.41. The van der Waals surface area contributed by atoms with E-state index < -0.39 is 166 Å². The van der Waals surface area contributed by atoms with Crippen molar-refractivity contribution in [2.75, 3.05) is 134 Å². The van der Waals surface area contributed by atoms with E-state index in [4.69, 9.17) is 51.5 Å². The smallest absolute Gasteiger partial charge is 0.416 e. The van der Waals surface area contributed by atoms with Crippen molar-refractivity contribution < 1.29 is 133 Å². The number of aromatic nitrogens is 4. The maximum atomic E-state index is 13.6. The molecule has 8 heterocycles. The Bertz CT molecular complexity index is 5870. The van der Waals surface area contributed by atoms with Crippen molar-refractivity contribution in [3.63, 3.8) is 0 Å². The summed E-state index contributed by atoms with van der Waals surface area (Å²) in [6, 6.07) is 12.1. The first-order valence-corrected chi connectivity index (χ1v) is 40.8. The van der Waals surface area contributed by atoms with Crippen LogP contribution in [0.25, 0.3) is 0 Å². The van der Waals surface area contributed by atoms with Crippen LogP contribution in [-0.2, 0) is 63.0 Å². The van der Waals surface area contributed by atoms with Crippen LogP contribution in [0.2, 0.25) is 20.1 Å². The quantitative estimate of drug-likeness (QED) is 0.0498. The van der Waals surface area contributed by atoms with Gasteiger partial charge in [0.15, 0.2) is 0 Å². The summed E-state index contributed by atoms with van der Waals surface area (Å²) in [6.07, 6.45) is -19.4. The summed E-state index contributed by atoms with van der Waals surface area (Å²) in [7, 11) is 9.71. The summed E-state index contributed by atoms with van der Waals surface area (Å²) < 4.78 is 219. The number of likely N-dealkylation sites (N-methyl/N-ethyl adjacent to an activating group) is 4. The van der Waals surface area contributed by atoms with Crippen LogP contribution in [0.3, 0.4) is 0 Å². The Hall–Kier alpha value is -13.1. The lowest BCUT2D eigenvalue weighted by atomic mass is 10.1. The van der Waals surface area contributed by atoms with Crippen LogP contribution < -0.4 is 44.5 Å². The van der Waals surface area contributed by atoms with Gasteiger partial charge in [-0.1, -0.05) is 46.4 Å². The molecule has 134 heavy (non-hydrogen) atoms. The van der Waals surface area contributed by atoms with Crippen LogP contribution in [-0.4, -0.2) is 230 Å². The lowest BCUT2D eigenvalue weighted by Crippen LogP contribution is -2.47. The van der Waals surface area contributed by atoms with E-state index >= 15 is 0 Å². The molecule has 0 bridgehead atoms. The molecule has 718 valence electrons. The first kappa shape index (κ1) is 105. The number of amides is 13. The van der Waals surface area contributed by atoms with Crippen LogP contribution >= 0.6 is 46.4 Å². The predicted molar refractivity (Wildman–Crippen MR) is 457 cm³/mol. The van der Waals surface area contributed by atoms with Gasteiger partial charge in [0.1, 0.15) is 70.7 Å². The number of methoxy groups -OCH3 is 1. The lowest BCUT2D eigenvalue weighted by molar-refractivity contribution is -0.141. The van der Waals surface area contributed by atoms with Crippen molar-refractivity contribution in [2.45, 2.75) is 95.8 Å². The highest BCUT2D eigenvalue weighted by atomic mass is 35.5. The maximum Gasteiger partial charge on any atom is 0.416 e. The molecule has 13 amide bonds. The Balaban J connectivity index is 0.000000201. The number of hydrogen-bond acceptors (Lipinski definition) is 16. The summed E-state index contributed by atoms with van der Waals surface area (Å²) in [5.74, 6) is -8.94. The number of nitrogens with zero attached hydrogens (tertiary/aromatic N) is 16. The molecule has 4 aliphatic heterocycles. The van der Waals surface area contributed by atoms with Crippen molar-refractivity contribution in [3.8, 4) is 0 Å². The molecule has 4 atom stereocenters. The van der Waals surface area contributed by atoms with Gasteiger partial charge in [-0.15, -0.1) is 0 Å². The van der Waals surface area contributed by atoms with Crippen LogP contribution in [0.4, 0.5) is 135 Å². The Morgan fingerprint density at radius 1 is 0.396 bits per heavy atom. The molecule has 0 unspecified atom stereocenters. The van der Waals surface area contributed by atoms with Gasteiger partial charge in [0, 0.05) is 120 Å². The van der Waals surface area contributed by atoms with E-state index in [1.54, 1.807) is 14.1 Å². The topological polar surface area (TPSA) is 320 Å². The third kappa shape index (κ3) is 25.0. The highest BCUT2D eigenvalue weighted by molar-refractivity contribution is 6.32. The molecule has 4 aliphatic rings. The zero-order chi connectivity index (χ0) is 99.9. The Morgan fingerprint density at radius 2 is 0.649 bits per heavy atom. The van der Waals surface area contributed by atoms with E-state index in [2.05, 4.69) is 30.0 Å². The number of pyridine rings is 4. The fourth-order valence-electron chi connectivity index (χ4n) is 13.8. The number of aliphatic carboxylic acids is 1. The number of nitrogens with one attached hydrogen (secondary N) is 1. The van der Waals surface area contributed by atoms with Crippen molar-refractivity contribution in [2.24, 2.45) is 0 Å². The van der Waals surface area contributed by atoms with Gasteiger partial charge in [-0.2, -0.15) is 52.7 Å². The fraction of sp³-hybridized carbons (Fsp3) is 0.345. The third-order valence-electron chi connectivity index (χ3n) is 20.7. The number of rotatable bonds is 21. The number of ether oxygens (including phenoxy) is 1. The minimum Gasteiger partial charge on any atom is -0.481 e. The van der Waals surface area contributed by atoms with Crippen molar-refractivity contribution in [1.29, 1.82) is 0 Å². The monoisotopic (exact) mass is 1980 g/mol. The maximum absolute atomic E-state index is 13.6. The van der Waals surface area contributed by atoms with Crippen LogP contribution in [0.1, 0.15) is 64.3 Å². The van der Waals surface area contributed by atoms with Crippen LogP contribution in [0, 0.1) is 51.0 Å². The highest BCUT2D eigenvalue weighted by Gasteiger charge is 2.50. The number of anilines is 8. The van der Waals surface area contributed by atoms with Crippen LogP contribution in [0.5, 0.6) is 0 Å². The minimum absolute atomic E-state index is 0.00118. The zero-order valence-corrected chi connectivity index (χ0v) is 75.0. The molecule has 50 heteroatoms. The average Bonchev–Trinajstić information content (AvgIpc) is 1.62. The lowest BCUT2D eigenvalue weighted by Gasteiger charge is -2.27. The molecule has 4 aromatic heterocycles. The summed E-state index contributed by atoms with van der Waals surface area (Å²) >= 11 is 23.2. The van der Waals surface area contributed by atoms with E-state index in [1.165, 1.54) is 121 Å². The van der Waals surface area contributed by atoms with Crippen molar-refractivity contribution >= 4 is 158 Å². The van der Waals surface area contributed by atoms with Gasteiger partial charge in [-0.3, -0.25) is 53.2 Å². The molecule has 0 saturated carbocycles. The molecule has 4 fully saturated rings. The van der Waals surface area contributed by atoms with Gasteiger partial charge >= 0.3 is 60.8 Å². The average molecular weight is 1980 g/mol. The molecule has 0 radical (unpaired) electrons. The molecule has 0 spiro atoms. The molecule has 0 aliphatic carbocycles.